The van der Waals surface area contributed by atoms with Crippen LogP contribution in [0.25, 0.3) is 0 Å². The summed E-state index contributed by atoms with van der Waals surface area (Å²) in [5.41, 5.74) is 1.06. The molecule has 1 saturated carbocycles. The van der Waals surface area contributed by atoms with E-state index < -0.39 is 0 Å². The highest BCUT2D eigenvalue weighted by Gasteiger charge is 2.36. The van der Waals surface area contributed by atoms with E-state index in [2.05, 4.69) is 21.0 Å². The Kier molecular flexibility index (Phi) is 5.41. The summed E-state index contributed by atoms with van der Waals surface area (Å²) in [6.07, 6.45) is 4.35. The van der Waals surface area contributed by atoms with Gasteiger partial charge in [-0.2, -0.15) is 0 Å². The molecule has 1 saturated heterocycles. The molecule has 0 bridgehead atoms. The van der Waals surface area contributed by atoms with Gasteiger partial charge in [0.25, 0.3) is 0 Å². The number of amides is 1. The van der Waals surface area contributed by atoms with Crippen molar-refractivity contribution < 1.29 is 4.79 Å². The summed E-state index contributed by atoms with van der Waals surface area (Å²) in [5.74, 6) is 1.02. The lowest BCUT2D eigenvalue weighted by Gasteiger charge is -2.24. The number of carbonyl (C=O) groups is 1. The molecule has 0 spiro atoms. The molecule has 112 valence electrons. The van der Waals surface area contributed by atoms with E-state index in [0.717, 1.165) is 36.6 Å². The predicted molar refractivity (Wildman–Crippen MR) is 83.3 cm³/mol. The van der Waals surface area contributed by atoms with Crippen molar-refractivity contribution >= 4 is 29.7 Å². The monoisotopic (exact) mass is 315 g/mol. The highest BCUT2D eigenvalue weighted by Crippen LogP contribution is 2.42. The van der Waals surface area contributed by atoms with Gasteiger partial charge >= 0.3 is 0 Å². The molecule has 1 amide bonds. The molecule has 1 aliphatic carbocycles. The third-order valence-corrected chi connectivity index (χ3v) is 5.05. The molecule has 20 heavy (non-hydrogen) atoms. The van der Waals surface area contributed by atoms with Crippen LogP contribution in [0, 0.1) is 18.8 Å². The first-order chi connectivity index (χ1) is 9.24. The molecule has 1 aromatic heterocycles. The molecule has 2 fully saturated rings. The van der Waals surface area contributed by atoms with E-state index in [-0.39, 0.29) is 30.3 Å². The number of thiazole rings is 1. The van der Waals surface area contributed by atoms with Gasteiger partial charge in [0.2, 0.25) is 5.91 Å². The van der Waals surface area contributed by atoms with Gasteiger partial charge in [-0.15, -0.1) is 23.7 Å². The predicted octanol–water partition coefficient (Wildman–Crippen LogP) is 2.44. The molecule has 2 heterocycles. The van der Waals surface area contributed by atoms with E-state index in [4.69, 9.17) is 0 Å². The van der Waals surface area contributed by atoms with Crippen LogP contribution in [0.2, 0.25) is 0 Å². The maximum atomic E-state index is 12.4. The van der Waals surface area contributed by atoms with Gasteiger partial charge in [-0.05, 0) is 51.6 Å². The lowest BCUT2D eigenvalue weighted by molar-refractivity contribution is -0.126. The standard InChI is InChI=1S/C14H21N3OS.ClH/c1-9-8-19-14(16-9)12(10-2-3-10)17-13(18)11-4-6-15-7-5-11;/h8,10-12,15H,2-7H2,1H3,(H,17,18);1H. The Labute approximate surface area is 130 Å². The average Bonchev–Trinajstić information content (AvgIpc) is 3.19. The number of carbonyl (C=O) groups excluding carboxylic acids is 1. The Morgan fingerprint density at radius 2 is 2.10 bits per heavy atom. The summed E-state index contributed by atoms with van der Waals surface area (Å²) in [5, 5.41) is 9.72. The zero-order chi connectivity index (χ0) is 13.2. The third-order valence-electron chi connectivity index (χ3n) is 4.00. The molecule has 4 nitrogen and oxygen atoms in total. The van der Waals surface area contributed by atoms with Crippen LogP contribution < -0.4 is 10.6 Å². The van der Waals surface area contributed by atoms with E-state index in [1.807, 2.05) is 6.92 Å². The van der Waals surface area contributed by atoms with Crippen molar-refractivity contribution in [2.45, 2.75) is 38.6 Å². The van der Waals surface area contributed by atoms with Gasteiger partial charge in [-0.3, -0.25) is 4.79 Å². The van der Waals surface area contributed by atoms with Crippen molar-refractivity contribution in [3.05, 3.63) is 16.1 Å². The molecule has 1 unspecified atom stereocenters. The fraction of sp³-hybridized carbons (Fsp3) is 0.714. The molecule has 2 aliphatic rings. The minimum absolute atomic E-state index is 0. The van der Waals surface area contributed by atoms with Gasteiger partial charge in [-0.25, -0.2) is 4.98 Å². The number of piperidine rings is 1. The Morgan fingerprint density at radius 3 is 2.65 bits per heavy atom. The summed E-state index contributed by atoms with van der Waals surface area (Å²) >= 11 is 1.68. The van der Waals surface area contributed by atoms with E-state index in [1.165, 1.54) is 12.8 Å². The van der Waals surface area contributed by atoms with Gasteiger partial charge in [0.05, 0.1) is 6.04 Å². The number of nitrogens with one attached hydrogen (secondary N) is 2. The summed E-state index contributed by atoms with van der Waals surface area (Å²) < 4.78 is 0. The second kappa shape index (κ2) is 6.87. The molecule has 6 heteroatoms. The third kappa shape index (κ3) is 3.71. The van der Waals surface area contributed by atoms with Crippen LogP contribution in [0.15, 0.2) is 5.38 Å². The van der Waals surface area contributed by atoms with Gasteiger partial charge < -0.3 is 10.6 Å². The lowest BCUT2D eigenvalue weighted by atomic mass is 9.96. The van der Waals surface area contributed by atoms with Crippen molar-refractivity contribution in [1.82, 2.24) is 15.6 Å². The highest BCUT2D eigenvalue weighted by atomic mass is 35.5. The zero-order valence-corrected chi connectivity index (χ0v) is 13.4. The van der Waals surface area contributed by atoms with Crippen molar-refractivity contribution in [1.29, 1.82) is 0 Å². The van der Waals surface area contributed by atoms with Crippen molar-refractivity contribution in [3.8, 4) is 0 Å². The second-order valence-electron chi connectivity index (χ2n) is 5.68. The van der Waals surface area contributed by atoms with Crippen LogP contribution >= 0.6 is 23.7 Å². The molecule has 1 aromatic rings. The molecule has 0 radical (unpaired) electrons. The van der Waals surface area contributed by atoms with Crippen molar-refractivity contribution in [2.24, 2.45) is 11.8 Å². The smallest absolute Gasteiger partial charge is 0.223 e. The summed E-state index contributed by atoms with van der Waals surface area (Å²) in [6.45, 7) is 3.93. The maximum Gasteiger partial charge on any atom is 0.223 e. The summed E-state index contributed by atoms with van der Waals surface area (Å²) in [4.78, 5) is 16.9. The fourth-order valence-corrected chi connectivity index (χ4v) is 3.62. The number of hydrogen-bond acceptors (Lipinski definition) is 4. The van der Waals surface area contributed by atoms with Crippen molar-refractivity contribution in [3.63, 3.8) is 0 Å². The fourth-order valence-electron chi connectivity index (χ4n) is 2.68. The highest BCUT2D eigenvalue weighted by molar-refractivity contribution is 7.09. The van der Waals surface area contributed by atoms with Gasteiger partial charge in [0.15, 0.2) is 0 Å². The van der Waals surface area contributed by atoms with E-state index >= 15 is 0 Å². The largest absolute Gasteiger partial charge is 0.346 e. The number of nitrogens with zero attached hydrogens (tertiary/aromatic N) is 1. The first-order valence-electron chi connectivity index (χ1n) is 7.17. The van der Waals surface area contributed by atoms with E-state index in [0.29, 0.717) is 5.92 Å². The summed E-state index contributed by atoms with van der Waals surface area (Å²) in [7, 11) is 0. The number of halogens is 1. The van der Waals surface area contributed by atoms with Gasteiger partial charge in [0.1, 0.15) is 5.01 Å². The minimum Gasteiger partial charge on any atom is -0.346 e. The van der Waals surface area contributed by atoms with Crippen LogP contribution in [0.5, 0.6) is 0 Å². The van der Waals surface area contributed by atoms with Gasteiger partial charge in [0, 0.05) is 17.0 Å². The Morgan fingerprint density at radius 1 is 1.40 bits per heavy atom. The molecule has 3 rings (SSSR count). The topological polar surface area (TPSA) is 54.0 Å². The lowest BCUT2D eigenvalue weighted by Crippen LogP contribution is -2.40. The second-order valence-corrected chi connectivity index (χ2v) is 6.56. The molecule has 1 aliphatic heterocycles. The molecular formula is C14H22ClN3OS. The number of aromatic nitrogens is 1. The maximum absolute atomic E-state index is 12.4. The molecular weight excluding hydrogens is 294 g/mol. The number of hydrogen-bond donors (Lipinski definition) is 2. The average molecular weight is 316 g/mol. The first-order valence-corrected chi connectivity index (χ1v) is 8.05. The van der Waals surface area contributed by atoms with E-state index in [9.17, 15) is 4.79 Å². The molecule has 1 atom stereocenters. The van der Waals surface area contributed by atoms with Crippen LogP contribution in [0.4, 0.5) is 0 Å². The SMILES string of the molecule is Cc1csc(C(NC(=O)C2CCNCC2)C2CC2)n1.Cl. The van der Waals surface area contributed by atoms with E-state index in [1.54, 1.807) is 11.3 Å². The van der Waals surface area contributed by atoms with Crippen molar-refractivity contribution in [2.75, 3.05) is 13.1 Å². The summed E-state index contributed by atoms with van der Waals surface area (Å²) in [6, 6.07) is 0.154. The molecule has 2 N–H and O–H groups in total. The first kappa shape index (κ1) is 15.7. The van der Waals surface area contributed by atoms with Gasteiger partial charge in [-0.1, -0.05) is 0 Å². The minimum atomic E-state index is 0. The quantitative estimate of drug-likeness (QED) is 0.897. The van der Waals surface area contributed by atoms with Crippen LogP contribution in [0.1, 0.15) is 42.4 Å². The Balaban J connectivity index is 0.00000147. The zero-order valence-electron chi connectivity index (χ0n) is 11.7. The normalized spacial score (nSPS) is 21.1. The van der Waals surface area contributed by atoms with Crippen LogP contribution in [-0.4, -0.2) is 24.0 Å². The van der Waals surface area contributed by atoms with Crippen LogP contribution in [-0.2, 0) is 4.79 Å². The number of aryl methyl sites for hydroxylation is 1. The van der Waals surface area contributed by atoms with Crippen LogP contribution in [0.3, 0.4) is 0 Å². The number of rotatable bonds is 4. The Hall–Kier alpha value is -0.650. The Bertz CT molecular complexity index is 455. The molecule has 0 aromatic carbocycles.